The van der Waals surface area contributed by atoms with Gasteiger partial charge in [0.2, 0.25) is 7.37 Å². The van der Waals surface area contributed by atoms with Crippen LogP contribution in [0.25, 0.3) is 0 Å². The number of hydrogen-bond acceptors (Lipinski definition) is 4. The molecule has 0 aliphatic carbocycles. The zero-order valence-corrected chi connectivity index (χ0v) is 13.7. The molecule has 0 saturated heterocycles. The summed E-state index contributed by atoms with van der Waals surface area (Å²) < 4.78 is 18.7. The minimum Gasteiger partial charge on any atom is -0.443 e. The first kappa shape index (κ1) is 18.2. The lowest BCUT2D eigenvalue weighted by Gasteiger charge is -2.20. The fourth-order valence-corrected chi connectivity index (χ4v) is 4.43. The van der Waals surface area contributed by atoms with Gasteiger partial charge in [0.15, 0.2) is 0 Å². The Kier molecular flexibility index (Phi) is 8.67. The standard InChI is InChI=1S/C16H27O4P/c1-2-15-7-9-16(10-8-15)20-21(19,13-5-3-11-17)14-6-4-12-18/h7-10,17-18H,2-6,11-14H2,1H3. The molecule has 0 aliphatic heterocycles. The van der Waals surface area contributed by atoms with Crippen molar-refractivity contribution >= 4 is 7.37 Å². The zero-order chi connectivity index (χ0) is 15.6. The Hall–Kier alpha value is -0.830. The van der Waals surface area contributed by atoms with Crippen LogP contribution >= 0.6 is 7.37 Å². The van der Waals surface area contributed by atoms with Gasteiger partial charge in [-0.05, 0) is 49.8 Å². The summed E-state index contributed by atoms with van der Waals surface area (Å²) in [6.45, 7) is 2.31. The predicted molar refractivity (Wildman–Crippen MR) is 86.4 cm³/mol. The van der Waals surface area contributed by atoms with Gasteiger partial charge in [0.05, 0.1) is 0 Å². The SMILES string of the molecule is CCc1ccc(OP(=O)(CCCCO)CCCCO)cc1. The number of aryl methyl sites for hydroxylation is 1. The van der Waals surface area contributed by atoms with Gasteiger partial charge in [0, 0.05) is 25.5 Å². The summed E-state index contributed by atoms with van der Waals surface area (Å²) >= 11 is 0. The van der Waals surface area contributed by atoms with Gasteiger partial charge in [0.25, 0.3) is 0 Å². The molecule has 21 heavy (non-hydrogen) atoms. The van der Waals surface area contributed by atoms with Gasteiger partial charge in [-0.15, -0.1) is 0 Å². The van der Waals surface area contributed by atoms with Gasteiger partial charge < -0.3 is 14.7 Å². The molecule has 0 bridgehead atoms. The third kappa shape index (κ3) is 7.12. The first-order valence-electron chi connectivity index (χ1n) is 7.72. The van der Waals surface area contributed by atoms with Gasteiger partial charge in [-0.1, -0.05) is 19.1 Å². The van der Waals surface area contributed by atoms with Crippen LogP contribution in [0.5, 0.6) is 5.75 Å². The van der Waals surface area contributed by atoms with Crippen LogP contribution in [0.4, 0.5) is 0 Å². The van der Waals surface area contributed by atoms with Crippen molar-refractivity contribution < 1.29 is 19.3 Å². The van der Waals surface area contributed by atoms with Crippen molar-refractivity contribution in [2.75, 3.05) is 25.5 Å². The van der Waals surface area contributed by atoms with E-state index in [1.165, 1.54) is 5.56 Å². The van der Waals surface area contributed by atoms with Crippen molar-refractivity contribution in [2.45, 2.75) is 39.0 Å². The maximum absolute atomic E-state index is 12.9. The molecular weight excluding hydrogens is 287 g/mol. The van der Waals surface area contributed by atoms with Crippen molar-refractivity contribution in [1.82, 2.24) is 0 Å². The highest BCUT2D eigenvalue weighted by atomic mass is 31.2. The molecule has 5 heteroatoms. The number of aliphatic hydroxyl groups excluding tert-OH is 2. The molecule has 1 aromatic rings. The number of rotatable bonds is 11. The first-order valence-corrected chi connectivity index (χ1v) is 9.71. The van der Waals surface area contributed by atoms with E-state index in [9.17, 15) is 4.57 Å². The second kappa shape index (κ2) is 9.99. The number of hydrogen-bond donors (Lipinski definition) is 2. The lowest BCUT2D eigenvalue weighted by atomic mass is 10.2. The minimum absolute atomic E-state index is 0.113. The van der Waals surface area contributed by atoms with E-state index in [-0.39, 0.29) is 13.2 Å². The van der Waals surface area contributed by atoms with Crippen LogP contribution in [0.2, 0.25) is 0 Å². The van der Waals surface area contributed by atoms with Crippen molar-refractivity contribution in [3.05, 3.63) is 29.8 Å². The molecule has 0 fully saturated rings. The van der Waals surface area contributed by atoms with Crippen molar-refractivity contribution in [1.29, 1.82) is 0 Å². The van der Waals surface area contributed by atoms with Crippen LogP contribution < -0.4 is 4.52 Å². The van der Waals surface area contributed by atoms with Gasteiger partial charge in [-0.25, -0.2) is 0 Å². The number of unbranched alkanes of at least 4 members (excludes halogenated alkanes) is 2. The van der Waals surface area contributed by atoms with E-state index in [1.54, 1.807) is 0 Å². The van der Waals surface area contributed by atoms with E-state index in [1.807, 2.05) is 24.3 Å². The Labute approximate surface area is 127 Å². The maximum Gasteiger partial charge on any atom is 0.247 e. The Morgan fingerprint density at radius 3 is 1.90 bits per heavy atom. The molecule has 0 aliphatic rings. The predicted octanol–water partition coefficient (Wildman–Crippen LogP) is 3.45. The average Bonchev–Trinajstić information content (AvgIpc) is 2.48. The first-order chi connectivity index (χ1) is 10.1. The maximum atomic E-state index is 12.9. The second-order valence-electron chi connectivity index (χ2n) is 5.21. The highest BCUT2D eigenvalue weighted by molar-refractivity contribution is 7.59. The van der Waals surface area contributed by atoms with E-state index >= 15 is 0 Å². The molecule has 1 rings (SSSR count). The molecule has 0 saturated carbocycles. The number of benzene rings is 1. The summed E-state index contributed by atoms with van der Waals surface area (Å²) in [4.78, 5) is 0. The normalized spacial score (nSPS) is 11.6. The van der Waals surface area contributed by atoms with Crippen LogP contribution in [0.15, 0.2) is 24.3 Å². The van der Waals surface area contributed by atoms with Crippen LogP contribution in [-0.4, -0.2) is 35.8 Å². The molecule has 0 radical (unpaired) electrons. The van der Waals surface area contributed by atoms with Crippen molar-refractivity contribution in [3.63, 3.8) is 0 Å². The summed E-state index contributed by atoms with van der Waals surface area (Å²) in [6.07, 6.45) is 4.60. The van der Waals surface area contributed by atoms with E-state index in [0.29, 0.717) is 43.8 Å². The fraction of sp³-hybridized carbons (Fsp3) is 0.625. The smallest absolute Gasteiger partial charge is 0.247 e. The Morgan fingerprint density at radius 2 is 1.48 bits per heavy atom. The van der Waals surface area contributed by atoms with Crippen LogP contribution in [0, 0.1) is 0 Å². The molecule has 0 unspecified atom stereocenters. The molecule has 0 aromatic heterocycles. The summed E-state index contributed by atoms with van der Waals surface area (Å²) in [7, 11) is -2.75. The van der Waals surface area contributed by atoms with Crippen molar-refractivity contribution in [2.24, 2.45) is 0 Å². The topological polar surface area (TPSA) is 66.8 Å². The van der Waals surface area contributed by atoms with Crippen molar-refractivity contribution in [3.8, 4) is 5.75 Å². The third-order valence-corrected chi connectivity index (χ3v) is 5.96. The molecule has 2 N–H and O–H groups in total. The molecular formula is C16H27O4P. The van der Waals surface area contributed by atoms with Gasteiger partial charge in [-0.2, -0.15) is 0 Å². The van der Waals surface area contributed by atoms with Gasteiger partial charge in [-0.3, -0.25) is 4.57 Å². The van der Waals surface area contributed by atoms with Gasteiger partial charge >= 0.3 is 0 Å². The summed E-state index contributed by atoms with van der Waals surface area (Å²) in [5.74, 6) is 0.642. The summed E-state index contributed by atoms with van der Waals surface area (Å²) in [5.41, 5.74) is 1.22. The van der Waals surface area contributed by atoms with E-state index in [4.69, 9.17) is 14.7 Å². The average molecular weight is 314 g/mol. The highest BCUT2D eigenvalue weighted by Gasteiger charge is 2.23. The molecule has 0 amide bonds. The van der Waals surface area contributed by atoms with Gasteiger partial charge in [0.1, 0.15) is 5.75 Å². The molecule has 120 valence electrons. The summed E-state index contributed by atoms with van der Waals surface area (Å²) in [5, 5.41) is 17.7. The monoisotopic (exact) mass is 314 g/mol. The van der Waals surface area contributed by atoms with Crippen LogP contribution in [0.3, 0.4) is 0 Å². The highest BCUT2D eigenvalue weighted by Crippen LogP contribution is 2.48. The summed E-state index contributed by atoms with van der Waals surface area (Å²) in [6, 6.07) is 7.70. The quantitative estimate of drug-likeness (QED) is 0.485. The molecule has 0 heterocycles. The Bertz CT molecular complexity index is 416. The lowest BCUT2D eigenvalue weighted by Crippen LogP contribution is -2.04. The molecule has 1 aromatic carbocycles. The lowest BCUT2D eigenvalue weighted by molar-refractivity contribution is 0.286. The van der Waals surface area contributed by atoms with Crippen LogP contribution in [0.1, 0.15) is 38.2 Å². The fourth-order valence-electron chi connectivity index (χ4n) is 2.11. The Morgan fingerprint density at radius 1 is 0.952 bits per heavy atom. The third-order valence-electron chi connectivity index (χ3n) is 3.42. The molecule has 4 nitrogen and oxygen atoms in total. The second-order valence-corrected chi connectivity index (χ2v) is 7.92. The molecule has 0 atom stereocenters. The van der Waals surface area contributed by atoms with E-state index in [2.05, 4.69) is 6.92 Å². The number of aliphatic hydroxyl groups is 2. The largest absolute Gasteiger partial charge is 0.443 e. The molecule has 0 spiro atoms. The van der Waals surface area contributed by atoms with E-state index < -0.39 is 7.37 Å². The minimum atomic E-state index is -2.75. The van der Waals surface area contributed by atoms with Crippen LogP contribution in [-0.2, 0) is 11.0 Å². The van der Waals surface area contributed by atoms with E-state index in [0.717, 1.165) is 6.42 Å². The Balaban J connectivity index is 2.66. The zero-order valence-electron chi connectivity index (χ0n) is 12.8.